The van der Waals surface area contributed by atoms with E-state index in [9.17, 15) is 4.79 Å². The molecule has 0 saturated carbocycles. The van der Waals surface area contributed by atoms with Crippen LogP contribution in [0, 0.1) is 17.8 Å². The third-order valence-electron chi connectivity index (χ3n) is 2.35. The van der Waals surface area contributed by atoms with Crippen molar-refractivity contribution in [1.29, 1.82) is 0 Å². The van der Waals surface area contributed by atoms with Crippen LogP contribution in [0.2, 0.25) is 0 Å². The molecule has 3 heteroatoms. The van der Waals surface area contributed by atoms with Crippen molar-refractivity contribution >= 4 is 5.97 Å². The van der Waals surface area contributed by atoms with Gasteiger partial charge in [-0.3, -0.25) is 10.1 Å². The fourth-order valence-corrected chi connectivity index (χ4v) is 1.44. The minimum absolute atomic E-state index is 0.0472. The van der Waals surface area contributed by atoms with E-state index in [1.54, 1.807) is 0 Å². The van der Waals surface area contributed by atoms with Gasteiger partial charge in [-0.05, 0) is 18.1 Å². The van der Waals surface area contributed by atoms with Crippen LogP contribution in [-0.4, -0.2) is 23.7 Å². The van der Waals surface area contributed by atoms with Crippen LogP contribution in [0.5, 0.6) is 0 Å². The number of rotatable bonds is 4. The zero-order chi connectivity index (χ0) is 12.7. The van der Waals surface area contributed by atoms with Gasteiger partial charge in [0.25, 0.3) is 0 Å². The van der Waals surface area contributed by atoms with Gasteiger partial charge in [-0.2, -0.15) is 0 Å². The Kier molecular flexibility index (Phi) is 5.25. The number of nitrogens with one attached hydrogen (secondary N) is 1. The highest BCUT2D eigenvalue weighted by atomic mass is 16.4. The molecule has 1 atom stereocenters. The molecule has 1 rings (SSSR count). The van der Waals surface area contributed by atoms with Crippen LogP contribution in [0.25, 0.3) is 0 Å². The largest absolute Gasteiger partial charge is 0.480 e. The van der Waals surface area contributed by atoms with E-state index in [2.05, 4.69) is 17.2 Å². The van der Waals surface area contributed by atoms with E-state index in [1.165, 1.54) is 0 Å². The van der Waals surface area contributed by atoms with Gasteiger partial charge in [0.05, 0.1) is 6.54 Å². The molecular formula is C14H17NO2. The van der Waals surface area contributed by atoms with Gasteiger partial charge in [0.2, 0.25) is 0 Å². The van der Waals surface area contributed by atoms with Crippen molar-refractivity contribution < 1.29 is 9.90 Å². The van der Waals surface area contributed by atoms with Gasteiger partial charge in [-0.15, -0.1) is 0 Å². The zero-order valence-corrected chi connectivity index (χ0v) is 10.1. The summed E-state index contributed by atoms with van der Waals surface area (Å²) in [5.74, 6) is 5.11. The maximum atomic E-state index is 10.9. The zero-order valence-electron chi connectivity index (χ0n) is 10.1. The summed E-state index contributed by atoms with van der Waals surface area (Å²) in [6.45, 7) is 4.12. The molecule has 0 aliphatic heterocycles. The van der Waals surface area contributed by atoms with E-state index in [-0.39, 0.29) is 5.92 Å². The highest BCUT2D eigenvalue weighted by Crippen LogP contribution is 2.00. The van der Waals surface area contributed by atoms with Crippen LogP contribution in [0.3, 0.4) is 0 Å². The molecular weight excluding hydrogens is 214 g/mol. The van der Waals surface area contributed by atoms with Gasteiger partial charge in [0.15, 0.2) is 0 Å². The van der Waals surface area contributed by atoms with Gasteiger partial charge in [0, 0.05) is 5.56 Å². The summed E-state index contributed by atoms with van der Waals surface area (Å²) in [7, 11) is 0. The van der Waals surface area contributed by atoms with Gasteiger partial charge in [0.1, 0.15) is 6.04 Å². The van der Waals surface area contributed by atoms with Crippen LogP contribution >= 0.6 is 0 Å². The van der Waals surface area contributed by atoms with Crippen molar-refractivity contribution in [1.82, 2.24) is 5.32 Å². The maximum absolute atomic E-state index is 10.9. The molecule has 17 heavy (non-hydrogen) atoms. The summed E-state index contributed by atoms with van der Waals surface area (Å²) in [5, 5.41) is 11.9. The van der Waals surface area contributed by atoms with Crippen molar-refractivity contribution in [2.75, 3.05) is 6.54 Å². The third-order valence-corrected chi connectivity index (χ3v) is 2.35. The number of hydrogen-bond donors (Lipinski definition) is 2. The lowest BCUT2D eigenvalue weighted by molar-refractivity contribution is -0.140. The lowest BCUT2D eigenvalue weighted by Crippen LogP contribution is -2.41. The Labute approximate surface area is 102 Å². The van der Waals surface area contributed by atoms with E-state index < -0.39 is 12.0 Å². The number of carbonyl (C=O) groups is 1. The normalized spacial score (nSPS) is 11.7. The Hall–Kier alpha value is -1.79. The molecule has 0 fully saturated rings. The van der Waals surface area contributed by atoms with Crippen molar-refractivity contribution in [2.45, 2.75) is 19.9 Å². The van der Waals surface area contributed by atoms with Crippen LogP contribution in [-0.2, 0) is 4.79 Å². The minimum Gasteiger partial charge on any atom is -0.480 e. The average molecular weight is 231 g/mol. The van der Waals surface area contributed by atoms with Crippen LogP contribution < -0.4 is 5.32 Å². The second-order valence-corrected chi connectivity index (χ2v) is 4.11. The van der Waals surface area contributed by atoms with Crippen molar-refractivity contribution in [3.05, 3.63) is 35.9 Å². The van der Waals surface area contributed by atoms with E-state index in [1.807, 2.05) is 44.2 Å². The predicted molar refractivity (Wildman–Crippen MR) is 67.6 cm³/mol. The van der Waals surface area contributed by atoms with Crippen molar-refractivity contribution in [3.63, 3.8) is 0 Å². The van der Waals surface area contributed by atoms with Gasteiger partial charge < -0.3 is 5.11 Å². The lowest BCUT2D eigenvalue weighted by Gasteiger charge is -2.15. The minimum atomic E-state index is -0.832. The van der Waals surface area contributed by atoms with Crippen LogP contribution in [0.1, 0.15) is 19.4 Å². The molecule has 90 valence electrons. The molecule has 0 saturated heterocycles. The molecule has 1 unspecified atom stereocenters. The smallest absolute Gasteiger partial charge is 0.320 e. The molecule has 0 aliphatic carbocycles. The van der Waals surface area contributed by atoms with Crippen molar-refractivity contribution in [2.24, 2.45) is 5.92 Å². The average Bonchev–Trinajstić information content (AvgIpc) is 2.29. The molecule has 0 amide bonds. The highest BCUT2D eigenvalue weighted by Gasteiger charge is 2.19. The number of benzene rings is 1. The Morgan fingerprint density at radius 3 is 2.53 bits per heavy atom. The molecule has 1 aromatic carbocycles. The molecule has 0 radical (unpaired) electrons. The van der Waals surface area contributed by atoms with Crippen LogP contribution in [0.4, 0.5) is 0 Å². The highest BCUT2D eigenvalue weighted by molar-refractivity contribution is 5.73. The Balaban J connectivity index is 2.47. The van der Waals surface area contributed by atoms with E-state index in [0.29, 0.717) is 6.54 Å². The summed E-state index contributed by atoms with van der Waals surface area (Å²) >= 11 is 0. The molecule has 2 N–H and O–H groups in total. The molecule has 3 nitrogen and oxygen atoms in total. The van der Waals surface area contributed by atoms with Crippen LogP contribution in [0.15, 0.2) is 30.3 Å². The van der Waals surface area contributed by atoms with Gasteiger partial charge in [-0.25, -0.2) is 0 Å². The molecule has 1 aromatic rings. The summed E-state index contributed by atoms with van der Waals surface area (Å²) in [4.78, 5) is 10.9. The summed E-state index contributed by atoms with van der Waals surface area (Å²) in [6, 6.07) is 9.08. The fourth-order valence-electron chi connectivity index (χ4n) is 1.44. The van der Waals surface area contributed by atoms with Crippen molar-refractivity contribution in [3.8, 4) is 11.8 Å². The standard InChI is InChI=1S/C14H17NO2/c1-11(2)13(14(16)17)15-10-6-9-12-7-4-3-5-8-12/h3-5,7-8,11,13,15H,10H2,1-2H3,(H,16,17). The second-order valence-electron chi connectivity index (χ2n) is 4.11. The maximum Gasteiger partial charge on any atom is 0.320 e. The number of hydrogen-bond acceptors (Lipinski definition) is 2. The number of carboxylic acids is 1. The van der Waals surface area contributed by atoms with Gasteiger partial charge >= 0.3 is 5.97 Å². The first-order valence-electron chi connectivity index (χ1n) is 5.61. The SMILES string of the molecule is CC(C)C(NCC#Cc1ccccc1)C(=O)O. The monoisotopic (exact) mass is 231 g/mol. The fraction of sp³-hybridized carbons (Fsp3) is 0.357. The molecule has 0 spiro atoms. The lowest BCUT2D eigenvalue weighted by atomic mass is 10.1. The molecule has 0 bridgehead atoms. The summed E-state index contributed by atoms with van der Waals surface area (Å²) in [5.41, 5.74) is 0.936. The summed E-state index contributed by atoms with van der Waals surface area (Å²) in [6.07, 6.45) is 0. The Bertz CT molecular complexity index is 415. The molecule has 0 aromatic heterocycles. The van der Waals surface area contributed by atoms with E-state index in [0.717, 1.165) is 5.56 Å². The first-order valence-corrected chi connectivity index (χ1v) is 5.61. The molecule has 0 heterocycles. The second kappa shape index (κ2) is 6.72. The quantitative estimate of drug-likeness (QED) is 0.776. The Morgan fingerprint density at radius 2 is 2.00 bits per heavy atom. The molecule has 0 aliphatic rings. The first kappa shape index (κ1) is 13.3. The first-order chi connectivity index (χ1) is 8.11. The summed E-state index contributed by atoms with van der Waals surface area (Å²) < 4.78 is 0. The Morgan fingerprint density at radius 1 is 1.35 bits per heavy atom. The topological polar surface area (TPSA) is 49.3 Å². The number of aliphatic carboxylic acids is 1. The van der Waals surface area contributed by atoms with E-state index in [4.69, 9.17) is 5.11 Å². The predicted octanol–water partition coefficient (Wildman–Crippen LogP) is 1.74. The van der Waals surface area contributed by atoms with E-state index >= 15 is 0 Å². The van der Waals surface area contributed by atoms with Gasteiger partial charge in [-0.1, -0.05) is 43.9 Å². The number of carboxylic acid groups (broad SMARTS) is 1. The third kappa shape index (κ3) is 4.71.